The molecule has 266 valence electrons. The van der Waals surface area contributed by atoms with Gasteiger partial charge in [0, 0.05) is 30.1 Å². The van der Waals surface area contributed by atoms with Crippen molar-refractivity contribution in [1.82, 2.24) is 4.90 Å². The second kappa shape index (κ2) is 16.7. The number of benzene rings is 2. The summed E-state index contributed by atoms with van der Waals surface area (Å²) in [7, 11) is -2.20. The highest BCUT2D eigenvalue weighted by Crippen LogP contribution is 2.44. The summed E-state index contributed by atoms with van der Waals surface area (Å²) in [6.45, 7) is 11.3. The molecule has 3 unspecified atom stereocenters. The second-order valence-electron chi connectivity index (χ2n) is 15.9. The Morgan fingerprint density at radius 3 is 2.27 bits per heavy atom. The average Bonchev–Trinajstić information content (AvgIpc) is 3.19. The number of hydrogen-bond donors (Lipinski definition) is 2. The van der Waals surface area contributed by atoms with Crippen molar-refractivity contribution in [3.8, 4) is 0 Å². The predicted molar refractivity (Wildman–Crippen MR) is 198 cm³/mol. The Balaban J connectivity index is 1.25. The van der Waals surface area contributed by atoms with E-state index in [4.69, 9.17) is 9.31 Å². The third-order valence-corrected chi connectivity index (χ3v) is 12.0. The fourth-order valence-electron chi connectivity index (χ4n) is 8.84. The molecule has 0 spiro atoms. The van der Waals surface area contributed by atoms with Gasteiger partial charge in [0.15, 0.2) is 5.78 Å². The lowest BCUT2D eigenvalue weighted by Crippen LogP contribution is -2.51. The van der Waals surface area contributed by atoms with Gasteiger partial charge in [0.1, 0.15) is 0 Å². The largest absolute Gasteiger partial charge is 0.494 e. The van der Waals surface area contributed by atoms with E-state index < -0.39 is 25.4 Å². The first-order valence-electron chi connectivity index (χ1n) is 19.2. The van der Waals surface area contributed by atoms with Crippen LogP contribution in [0.3, 0.4) is 0 Å². The smallest absolute Gasteiger partial charge is 0.423 e. The Morgan fingerprint density at radius 2 is 1.55 bits per heavy atom. The minimum absolute atomic E-state index is 0.0714. The van der Waals surface area contributed by atoms with Gasteiger partial charge in [-0.15, -0.1) is 0 Å². The summed E-state index contributed by atoms with van der Waals surface area (Å²) in [4.78, 5) is 29.3. The Kier molecular flexibility index (Phi) is 12.9. The van der Waals surface area contributed by atoms with Crippen LogP contribution in [-0.4, -0.2) is 64.7 Å². The van der Waals surface area contributed by atoms with Crippen molar-refractivity contribution in [3.63, 3.8) is 0 Å². The van der Waals surface area contributed by atoms with Gasteiger partial charge in [-0.05, 0) is 93.7 Å². The van der Waals surface area contributed by atoms with Gasteiger partial charge in [0.05, 0.1) is 11.2 Å². The van der Waals surface area contributed by atoms with Crippen LogP contribution >= 0.6 is 0 Å². The van der Waals surface area contributed by atoms with Crippen LogP contribution in [0, 0.1) is 17.8 Å². The zero-order chi connectivity index (χ0) is 35.2. The first-order valence-corrected chi connectivity index (χ1v) is 19.2. The molecule has 2 aromatic carbocycles. The molecule has 2 aliphatic heterocycles. The van der Waals surface area contributed by atoms with Gasteiger partial charge in [0.2, 0.25) is 0 Å². The molecule has 49 heavy (non-hydrogen) atoms. The lowest BCUT2D eigenvalue weighted by Gasteiger charge is -2.44. The Labute approximate surface area is 295 Å². The summed E-state index contributed by atoms with van der Waals surface area (Å²) in [5.41, 5.74) is 1.20. The summed E-state index contributed by atoms with van der Waals surface area (Å²) in [6, 6.07) is 14.7. The number of ketones is 1. The zero-order valence-corrected chi connectivity index (χ0v) is 30.7. The van der Waals surface area contributed by atoms with Crippen LogP contribution in [-0.2, 0) is 9.31 Å². The van der Waals surface area contributed by atoms with Crippen molar-refractivity contribution in [2.75, 3.05) is 6.54 Å². The van der Waals surface area contributed by atoms with Gasteiger partial charge >= 0.3 is 14.2 Å². The quantitative estimate of drug-likeness (QED) is 0.140. The first-order chi connectivity index (χ1) is 23.4. The van der Waals surface area contributed by atoms with Crippen LogP contribution < -0.4 is 10.9 Å². The summed E-state index contributed by atoms with van der Waals surface area (Å²) >= 11 is 0. The third kappa shape index (κ3) is 9.08. The predicted octanol–water partition coefficient (Wildman–Crippen LogP) is 6.72. The van der Waals surface area contributed by atoms with E-state index in [1.807, 2.05) is 29.2 Å². The Bertz CT molecular complexity index is 1420. The molecule has 5 rings (SSSR count). The minimum atomic E-state index is -1.62. The number of hydrogen-bond acceptors (Lipinski definition) is 6. The van der Waals surface area contributed by atoms with E-state index in [1.165, 1.54) is 44.9 Å². The van der Waals surface area contributed by atoms with Gasteiger partial charge in [-0.25, -0.2) is 0 Å². The monoisotopic (exact) mass is 671 g/mol. The molecule has 9 heteroatoms. The van der Waals surface area contributed by atoms with Crippen molar-refractivity contribution in [2.45, 2.75) is 142 Å². The molecule has 1 aliphatic carbocycles. The number of Topliss-reactive ketones (excluding diaryl/α,β-unsaturated/α-hetero) is 1. The minimum Gasteiger partial charge on any atom is -0.423 e. The fraction of sp³-hybridized carbons (Fsp3) is 0.650. The second-order valence-corrected chi connectivity index (χ2v) is 15.9. The molecule has 5 atom stereocenters. The summed E-state index contributed by atoms with van der Waals surface area (Å²) in [5.74, 6) is 1.75. The summed E-state index contributed by atoms with van der Waals surface area (Å²) in [6.07, 6.45) is 15.1. The number of likely N-dealkylation sites (tertiary alicyclic amines) is 1. The van der Waals surface area contributed by atoms with E-state index in [2.05, 4.69) is 34.6 Å². The maximum absolute atomic E-state index is 13.8. The molecule has 3 fully saturated rings. The highest BCUT2D eigenvalue weighted by molar-refractivity contribution is 6.62. The third-order valence-electron chi connectivity index (χ3n) is 12.0. The molecule has 2 heterocycles. The summed E-state index contributed by atoms with van der Waals surface area (Å²) < 4.78 is 13.4. The molecule has 2 aromatic rings. The van der Waals surface area contributed by atoms with E-state index in [0.717, 1.165) is 55.5 Å². The van der Waals surface area contributed by atoms with E-state index in [0.29, 0.717) is 29.9 Å². The molecular weight excluding hydrogens is 612 g/mol. The number of rotatable bonds is 13. The molecular formula is C40H59B2NO6. The first kappa shape index (κ1) is 37.8. The Morgan fingerprint density at radius 1 is 0.857 bits per heavy atom. The lowest BCUT2D eigenvalue weighted by atomic mass is 9.76. The fourth-order valence-corrected chi connectivity index (χ4v) is 8.84. The topological polar surface area (TPSA) is 96.3 Å². The average molecular weight is 672 g/mol. The van der Waals surface area contributed by atoms with Crippen molar-refractivity contribution in [2.24, 2.45) is 17.8 Å². The van der Waals surface area contributed by atoms with Gasteiger partial charge in [-0.3, -0.25) is 9.59 Å². The maximum Gasteiger partial charge on any atom is 0.494 e. The van der Waals surface area contributed by atoms with Crippen LogP contribution in [0.4, 0.5) is 0 Å². The molecule has 0 bridgehead atoms. The lowest BCUT2D eigenvalue weighted by molar-refractivity contribution is -0.0369. The summed E-state index contributed by atoms with van der Waals surface area (Å²) in [5, 5.41) is 19.4. The normalized spacial score (nSPS) is 27.2. The van der Waals surface area contributed by atoms with Crippen LogP contribution in [0.15, 0.2) is 48.5 Å². The van der Waals surface area contributed by atoms with Crippen molar-refractivity contribution in [3.05, 3.63) is 59.7 Å². The van der Waals surface area contributed by atoms with Gasteiger partial charge in [-0.1, -0.05) is 102 Å². The highest BCUT2D eigenvalue weighted by Gasteiger charge is 2.55. The van der Waals surface area contributed by atoms with Gasteiger partial charge in [-0.2, -0.15) is 0 Å². The molecule has 0 aromatic heterocycles. The molecule has 1 saturated carbocycles. The molecule has 1 amide bonds. The molecule has 2 saturated heterocycles. The Hall–Kier alpha value is -2.45. The molecule has 0 radical (unpaired) electrons. The number of carbonyl (C=O) groups is 2. The highest BCUT2D eigenvalue weighted by atomic mass is 16.7. The maximum atomic E-state index is 13.8. The van der Waals surface area contributed by atoms with Crippen LogP contribution in [0.5, 0.6) is 0 Å². The van der Waals surface area contributed by atoms with Gasteiger partial charge in [0.25, 0.3) is 5.91 Å². The number of nitrogens with zero attached hydrogens (tertiary/aromatic N) is 1. The van der Waals surface area contributed by atoms with E-state index in [1.54, 1.807) is 24.3 Å². The van der Waals surface area contributed by atoms with Crippen LogP contribution in [0.2, 0.25) is 0 Å². The van der Waals surface area contributed by atoms with Crippen molar-refractivity contribution < 1.29 is 28.9 Å². The number of amides is 1. The van der Waals surface area contributed by atoms with Crippen molar-refractivity contribution >= 4 is 36.9 Å². The van der Waals surface area contributed by atoms with E-state index in [-0.39, 0.29) is 23.7 Å². The standard InChI is InChI=1S/C40H59B2NO6/c1-6-13-30-15-9-8-10-16-31(30)22-24-37(44)32-17-11-20-35(25-32)42-48-39(3,4)40(5,49-42)27-29-21-23-36(14-7-2)43(28-29)38(45)33-18-12-19-34(26-33)41(46)47/h11-12,17-20,25-26,29-31,36,46-47H,6-10,13-16,21-24,27-28H2,1-5H3/t29?,30-,31?,36-,40?/m1/s1. The molecule has 2 N–H and O–H groups in total. The molecule has 3 aliphatic rings. The number of piperidine rings is 1. The van der Waals surface area contributed by atoms with E-state index >= 15 is 0 Å². The zero-order valence-electron chi connectivity index (χ0n) is 30.7. The van der Waals surface area contributed by atoms with Crippen LogP contribution in [0.25, 0.3) is 0 Å². The van der Waals surface area contributed by atoms with Crippen molar-refractivity contribution in [1.29, 1.82) is 0 Å². The van der Waals surface area contributed by atoms with Gasteiger partial charge < -0.3 is 24.3 Å². The SMILES string of the molecule is CCC[C@@H]1CCCCCC1CCC(=O)c1cccc(B2OC(C)(C)C(C)(CC3CC[C@@H](CCC)N(C(=O)c4cccc(B(O)O)c4)C3)O2)c1. The number of carbonyl (C=O) groups excluding carboxylic acids is 2. The molecule has 7 nitrogen and oxygen atoms in total. The van der Waals surface area contributed by atoms with E-state index in [9.17, 15) is 19.6 Å². The van der Waals surface area contributed by atoms with Crippen LogP contribution in [0.1, 0.15) is 145 Å².